The molecular weight excluding hydrogens is 597 g/mol. The van der Waals surface area contributed by atoms with E-state index in [4.69, 9.17) is 9.41 Å². The monoisotopic (exact) mass is 631 g/mol. The molecule has 3 nitrogen and oxygen atoms in total. The molecule has 1 aromatic heterocycles. The first-order valence-electron chi connectivity index (χ1n) is 17.0. The molecule has 0 spiro atoms. The normalized spacial score (nSPS) is 14.9. The van der Waals surface area contributed by atoms with Crippen molar-refractivity contribution in [1.29, 1.82) is 0 Å². The van der Waals surface area contributed by atoms with E-state index in [1.54, 1.807) is 0 Å². The molecule has 0 radical (unpaired) electrons. The van der Waals surface area contributed by atoms with Gasteiger partial charge in [0.15, 0.2) is 12.3 Å². The standard InChI is InChI=1S/C46H35N2O/c1-31-28-42(35-14-3-2-4-15-35)47-46(36-26-24-34(25-27-36)39-20-10-16-33-13-5-6-18-38(33)39)48(31)30-32-12-9-17-37(29-32)40-21-11-23-44-45(40)41-19-7-8-22-43(41)49-44/h2-27,29,46H,28,30H2,1H3/q+1. The largest absolute Gasteiger partial charge is 0.456 e. The molecule has 0 N–H and O–H groups in total. The second-order valence-electron chi connectivity index (χ2n) is 13.0. The van der Waals surface area contributed by atoms with E-state index in [1.807, 2.05) is 12.1 Å². The predicted molar refractivity (Wildman–Crippen MR) is 204 cm³/mol. The van der Waals surface area contributed by atoms with Gasteiger partial charge in [0.25, 0.3) is 6.17 Å². The molecule has 8 aromatic rings. The molecule has 7 aromatic carbocycles. The fraction of sp³-hybridized carbons (Fsp3) is 0.0870. The Morgan fingerprint density at radius 2 is 1.27 bits per heavy atom. The molecule has 3 heteroatoms. The molecule has 0 bridgehead atoms. The lowest BCUT2D eigenvalue weighted by molar-refractivity contribution is -0.588. The summed E-state index contributed by atoms with van der Waals surface area (Å²) < 4.78 is 8.70. The van der Waals surface area contributed by atoms with Crippen molar-refractivity contribution >= 4 is 44.1 Å². The van der Waals surface area contributed by atoms with Crippen molar-refractivity contribution in [2.45, 2.75) is 26.1 Å². The van der Waals surface area contributed by atoms with Gasteiger partial charge >= 0.3 is 0 Å². The molecule has 49 heavy (non-hydrogen) atoms. The van der Waals surface area contributed by atoms with Gasteiger partial charge in [-0.15, -0.1) is 0 Å². The SMILES string of the molecule is CC1=[N+](Cc2cccc(-c3cccc4oc5ccccc5c34)c2)C(c2ccc(-c3cccc4ccccc34)cc2)N=C(c2ccccc2)C1. The molecular formula is C46H35N2O+. The zero-order valence-corrected chi connectivity index (χ0v) is 27.4. The number of hydrogen-bond acceptors (Lipinski definition) is 2. The topological polar surface area (TPSA) is 28.5 Å². The van der Waals surface area contributed by atoms with Crippen LogP contribution in [0.25, 0.3) is 55.0 Å². The van der Waals surface area contributed by atoms with E-state index in [1.165, 1.54) is 55.4 Å². The Hall–Kier alpha value is -6.06. The summed E-state index contributed by atoms with van der Waals surface area (Å²) in [5, 5.41) is 4.83. The lowest BCUT2D eigenvalue weighted by Crippen LogP contribution is -2.30. The highest BCUT2D eigenvalue weighted by Gasteiger charge is 2.31. The maximum Gasteiger partial charge on any atom is 0.272 e. The first-order chi connectivity index (χ1) is 24.2. The van der Waals surface area contributed by atoms with Crippen LogP contribution in [-0.4, -0.2) is 16.0 Å². The predicted octanol–water partition coefficient (Wildman–Crippen LogP) is 11.6. The number of hydrogen-bond donors (Lipinski definition) is 0. The fourth-order valence-corrected chi connectivity index (χ4v) is 7.46. The van der Waals surface area contributed by atoms with E-state index in [2.05, 4.69) is 163 Å². The lowest BCUT2D eigenvalue weighted by atomic mass is 9.96. The van der Waals surface area contributed by atoms with Crippen LogP contribution in [-0.2, 0) is 6.54 Å². The average molecular weight is 632 g/mol. The summed E-state index contributed by atoms with van der Waals surface area (Å²) in [6, 6.07) is 58.4. The quantitative estimate of drug-likeness (QED) is 0.168. The summed E-state index contributed by atoms with van der Waals surface area (Å²) in [5.74, 6) is 0. The zero-order valence-electron chi connectivity index (χ0n) is 27.4. The van der Waals surface area contributed by atoms with Gasteiger partial charge in [0, 0.05) is 28.8 Å². The van der Waals surface area contributed by atoms with Crippen LogP contribution in [0.1, 0.15) is 36.2 Å². The van der Waals surface area contributed by atoms with Crippen LogP contribution in [0, 0.1) is 0 Å². The third-order valence-corrected chi connectivity index (χ3v) is 9.90. The highest BCUT2D eigenvalue weighted by molar-refractivity contribution is 6.13. The van der Waals surface area contributed by atoms with E-state index in [-0.39, 0.29) is 6.17 Å². The van der Waals surface area contributed by atoms with E-state index < -0.39 is 0 Å². The van der Waals surface area contributed by atoms with Crippen molar-refractivity contribution in [2.75, 3.05) is 0 Å². The number of rotatable bonds is 6. The number of fused-ring (bicyclic) bond motifs is 4. The van der Waals surface area contributed by atoms with Crippen molar-refractivity contribution in [3.63, 3.8) is 0 Å². The maximum absolute atomic E-state index is 6.22. The number of furan rings is 1. The Morgan fingerprint density at radius 1 is 0.592 bits per heavy atom. The van der Waals surface area contributed by atoms with Crippen molar-refractivity contribution in [2.24, 2.45) is 4.99 Å². The number of benzene rings is 7. The third kappa shape index (κ3) is 5.34. The van der Waals surface area contributed by atoms with Crippen molar-refractivity contribution in [3.8, 4) is 22.3 Å². The molecule has 2 heterocycles. The third-order valence-electron chi connectivity index (χ3n) is 9.90. The molecule has 234 valence electrons. The van der Waals surface area contributed by atoms with Crippen LogP contribution in [0.3, 0.4) is 0 Å². The summed E-state index contributed by atoms with van der Waals surface area (Å²) >= 11 is 0. The molecule has 0 saturated heterocycles. The lowest BCUT2D eigenvalue weighted by Gasteiger charge is -2.22. The number of nitrogens with zero attached hydrogens (tertiary/aromatic N) is 2. The van der Waals surface area contributed by atoms with E-state index in [0.29, 0.717) is 0 Å². The van der Waals surface area contributed by atoms with Gasteiger partial charge in [-0.2, -0.15) is 0 Å². The first-order valence-corrected chi connectivity index (χ1v) is 17.0. The summed E-state index contributed by atoms with van der Waals surface area (Å²) in [6.45, 7) is 3.01. The van der Waals surface area contributed by atoms with Crippen LogP contribution in [0.5, 0.6) is 0 Å². The van der Waals surface area contributed by atoms with Gasteiger partial charge in [0.1, 0.15) is 11.2 Å². The van der Waals surface area contributed by atoms with Gasteiger partial charge in [-0.05, 0) is 68.9 Å². The highest BCUT2D eigenvalue weighted by Crippen LogP contribution is 2.37. The van der Waals surface area contributed by atoms with Crippen molar-refractivity contribution in [3.05, 3.63) is 180 Å². The van der Waals surface area contributed by atoms with Gasteiger partial charge in [0.2, 0.25) is 0 Å². The molecule has 0 aliphatic carbocycles. The Morgan fingerprint density at radius 3 is 2.14 bits per heavy atom. The maximum atomic E-state index is 6.22. The molecule has 0 fully saturated rings. The smallest absolute Gasteiger partial charge is 0.272 e. The van der Waals surface area contributed by atoms with Gasteiger partial charge in [-0.1, -0.05) is 133 Å². The minimum absolute atomic E-state index is 0.143. The van der Waals surface area contributed by atoms with Gasteiger partial charge in [-0.25, -0.2) is 9.57 Å². The summed E-state index contributed by atoms with van der Waals surface area (Å²) in [4.78, 5) is 5.46. The van der Waals surface area contributed by atoms with Crippen LogP contribution >= 0.6 is 0 Å². The van der Waals surface area contributed by atoms with Crippen LogP contribution in [0.15, 0.2) is 173 Å². The number of aliphatic imine (C=N–C) groups is 1. The number of para-hydroxylation sites is 1. The Bertz CT molecular complexity index is 2550. The zero-order chi connectivity index (χ0) is 32.7. The van der Waals surface area contributed by atoms with Crippen LogP contribution < -0.4 is 0 Å². The summed E-state index contributed by atoms with van der Waals surface area (Å²) in [5.41, 5.74) is 12.7. The van der Waals surface area contributed by atoms with Crippen LogP contribution in [0.4, 0.5) is 0 Å². The van der Waals surface area contributed by atoms with Crippen molar-refractivity contribution < 1.29 is 8.99 Å². The second kappa shape index (κ2) is 12.2. The Balaban J connectivity index is 1.10. The molecule has 0 amide bonds. The summed E-state index contributed by atoms with van der Waals surface area (Å²) in [6.07, 6.45) is 0.671. The van der Waals surface area contributed by atoms with Crippen molar-refractivity contribution in [1.82, 2.24) is 0 Å². The molecule has 1 unspecified atom stereocenters. The molecule has 9 rings (SSSR count). The average Bonchev–Trinajstić information content (AvgIpc) is 3.55. The van der Waals surface area contributed by atoms with Gasteiger partial charge < -0.3 is 4.42 Å². The molecule has 1 aliphatic rings. The van der Waals surface area contributed by atoms with Crippen LogP contribution in [0.2, 0.25) is 0 Å². The fourth-order valence-electron chi connectivity index (χ4n) is 7.46. The van der Waals surface area contributed by atoms with E-state index >= 15 is 0 Å². The first kappa shape index (κ1) is 29.1. The van der Waals surface area contributed by atoms with E-state index in [0.717, 1.165) is 40.6 Å². The molecule has 0 saturated carbocycles. The van der Waals surface area contributed by atoms with Gasteiger partial charge in [0.05, 0.1) is 12.1 Å². The Kier molecular flexibility index (Phi) is 7.24. The minimum Gasteiger partial charge on any atom is -0.456 e. The molecule has 1 atom stereocenters. The minimum atomic E-state index is -0.143. The van der Waals surface area contributed by atoms with Gasteiger partial charge in [-0.3, -0.25) is 0 Å². The van der Waals surface area contributed by atoms with E-state index in [9.17, 15) is 0 Å². The highest BCUT2D eigenvalue weighted by atomic mass is 16.3. The Labute approximate surface area is 286 Å². The summed E-state index contributed by atoms with van der Waals surface area (Å²) in [7, 11) is 0. The second-order valence-corrected chi connectivity index (χ2v) is 13.0. The molecule has 1 aliphatic heterocycles.